The molecule has 5 rings (SSSR count). The van der Waals surface area contributed by atoms with Gasteiger partial charge >= 0.3 is 0 Å². The molecule has 2 aromatic carbocycles. The van der Waals surface area contributed by atoms with Crippen LogP contribution in [0.15, 0.2) is 89.7 Å². The largest absolute Gasteiger partial charge is 0.506 e. The van der Waals surface area contributed by atoms with Crippen molar-refractivity contribution < 1.29 is 15.3 Å². The number of fused-ring (bicyclic) bond motifs is 1. The van der Waals surface area contributed by atoms with Gasteiger partial charge in [-0.15, -0.1) is 0 Å². The van der Waals surface area contributed by atoms with E-state index in [4.69, 9.17) is 10.7 Å². The Morgan fingerprint density at radius 3 is 2.61 bits per heavy atom. The van der Waals surface area contributed by atoms with Crippen molar-refractivity contribution in [1.82, 2.24) is 4.98 Å². The maximum atomic E-state index is 10.2. The molecular weight excluding hydrogens is 390 g/mol. The van der Waals surface area contributed by atoms with Gasteiger partial charge in [0.25, 0.3) is 0 Å². The Morgan fingerprint density at radius 2 is 1.81 bits per heavy atom. The van der Waals surface area contributed by atoms with Gasteiger partial charge in [-0.1, -0.05) is 48.6 Å². The van der Waals surface area contributed by atoms with Crippen molar-refractivity contribution in [2.45, 2.75) is 17.9 Å². The second kappa shape index (κ2) is 7.02. The highest BCUT2D eigenvalue weighted by atomic mass is 16.3. The number of pyridine rings is 1. The zero-order chi connectivity index (χ0) is 21.6. The number of benzene rings is 2. The number of amidine groups is 1. The van der Waals surface area contributed by atoms with Crippen LogP contribution in [0.3, 0.4) is 0 Å². The van der Waals surface area contributed by atoms with Crippen LogP contribution in [0.1, 0.15) is 34.6 Å². The zero-order valence-electron chi connectivity index (χ0n) is 16.6. The molecule has 0 radical (unpaired) electrons. The van der Waals surface area contributed by atoms with Crippen LogP contribution in [0.4, 0.5) is 0 Å². The fraction of sp³-hybridized carbons (Fsp3) is 0.120. The van der Waals surface area contributed by atoms with Gasteiger partial charge in [0.2, 0.25) is 0 Å². The third-order valence-electron chi connectivity index (χ3n) is 5.93. The third-order valence-corrected chi connectivity index (χ3v) is 5.93. The molecule has 1 aliphatic heterocycles. The van der Waals surface area contributed by atoms with Gasteiger partial charge in [-0.3, -0.25) is 4.98 Å². The Bertz CT molecular complexity index is 1280. The number of phenols is 2. The highest BCUT2D eigenvalue weighted by molar-refractivity contribution is 6.03. The summed E-state index contributed by atoms with van der Waals surface area (Å²) in [7, 11) is 0. The van der Waals surface area contributed by atoms with E-state index in [1.54, 1.807) is 18.3 Å². The number of hydrogen-bond donors (Lipinski definition) is 4. The van der Waals surface area contributed by atoms with Gasteiger partial charge in [0.15, 0.2) is 11.5 Å². The molecule has 154 valence electrons. The van der Waals surface area contributed by atoms with E-state index in [1.165, 1.54) is 18.3 Å². The van der Waals surface area contributed by atoms with Crippen molar-refractivity contribution in [2.24, 2.45) is 10.7 Å². The number of nitrogens with two attached hydrogens (primary N) is 1. The van der Waals surface area contributed by atoms with Crippen LogP contribution in [0.5, 0.6) is 17.2 Å². The van der Waals surface area contributed by atoms with Gasteiger partial charge in [0.1, 0.15) is 17.1 Å². The van der Waals surface area contributed by atoms with E-state index in [0.29, 0.717) is 11.4 Å². The lowest BCUT2D eigenvalue weighted by Gasteiger charge is -2.32. The van der Waals surface area contributed by atoms with E-state index >= 15 is 0 Å². The first-order chi connectivity index (χ1) is 15.0. The van der Waals surface area contributed by atoms with Gasteiger partial charge in [-0.05, 0) is 46.9 Å². The molecule has 1 aliphatic carbocycles. The summed E-state index contributed by atoms with van der Waals surface area (Å²) < 4.78 is 0. The summed E-state index contributed by atoms with van der Waals surface area (Å²) in [5.74, 6) is 0.113. The molecule has 0 saturated carbocycles. The maximum absolute atomic E-state index is 10.2. The van der Waals surface area contributed by atoms with Gasteiger partial charge in [-0.2, -0.15) is 0 Å². The fourth-order valence-corrected chi connectivity index (χ4v) is 4.48. The SMILES string of the molecule is NC1=NC(C2=CC(c3cncc(O)c3)CC=C2)(c2ccc(O)c(O)c2)c2ccccc21. The van der Waals surface area contributed by atoms with E-state index < -0.39 is 5.54 Å². The van der Waals surface area contributed by atoms with Crippen molar-refractivity contribution in [2.75, 3.05) is 0 Å². The Balaban J connectivity index is 1.74. The van der Waals surface area contributed by atoms with Crippen LogP contribution < -0.4 is 5.73 Å². The molecule has 0 bridgehead atoms. The lowest BCUT2D eigenvalue weighted by atomic mass is 9.73. The predicted octanol–water partition coefficient (Wildman–Crippen LogP) is 3.83. The quantitative estimate of drug-likeness (QED) is 0.490. The first-order valence-corrected chi connectivity index (χ1v) is 9.99. The van der Waals surface area contributed by atoms with Crippen LogP contribution in [0.2, 0.25) is 0 Å². The first-order valence-electron chi connectivity index (χ1n) is 9.99. The molecule has 6 nitrogen and oxygen atoms in total. The smallest absolute Gasteiger partial charge is 0.157 e. The second-order valence-electron chi connectivity index (χ2n) is 7.80. The standard InChI is InChI=1S/C25H21N3O3/c26-24-20-6-1-2-7-21(20)25(28-24,18-8-9-22(30)23(31)12-18)17-5-3-4-15(10-17)16-11-19(29)14-27-13-16/h1-3,5-15,29-31H,4H2,(H2,26,28). The summed E-state index contributed by atoms with van der Waals surface area (Å²) in [6.45, 7) is 0. The van der Waals surface area contributed by atoms with Gasteiger partial charge in [0, 0.05) is 17.7 Å². The van der Waals surface area contributed by atoms with Gasteiger partial charge in [-0.25, -0.2) is 4.99 Å². The highest BCUT2D eigenvalue weighted by Gasteiger charge is 2.44. The van der Waals surface area contributed by atoms with E-state index in [2.05, 4.69) is 17.1 Å². The van der Waals surface area contributed by atoms with E-state index in [1.807, 2.05) is 30.3 Å². The molecule has 3 aromatic rings. The van der Waals surface area contributed by atoms with Crippen LogP contribution >= 0.6 is 0 Å². The summed E-state index contributed by atoms with van der Waals surface area (Å²) in [6.07, 6.45) is 10.1. The number of phenolic OH excluding ortho intramolecular Hbond substituents is 2. The Hall–Kier alpha value is -4.06. The molecule has 0 fully saturated rings. The second-order valence-corrected chi connectivity index (χ2v) is 7.80. The lowest BCUT2D eigenvalue weighted by molar-refractivity contribution is 0.402. The monoisotopic (exact) mass is 411 g/mol. The average Bonchev–Trinajstić information content (AvgIpc) is 3.09. The number of aromatic nitrogens is 1. The molecule has 5 N–H and O–H groups in total. The fourth-order valence-electron chi connectivity index (χ4n) is 4.48. The molecule has 2 unspecified atom stereocenters. The summed E-state index contributed by atoms with van der Waals surface area (Å²) in [6, 6.07) is 14.2. The average molecular weight is 411 g/mol. The number of nitrogens with zero attached hydrogens (tertiary/aromatic N) is 2. The number of rotatable bonds is 3. The first kappa shape index (κ1) is 18.9. The van der Waals surface area contributed by atoms with E-state index in [9.17, 15) is 15.3 Å². The molecule has 0 amide bonds. The molecule has 0 spiro atoms. The Morgan fingerprint density at radius 1 is 0.968 bits per heavy atom. The molecule has 31 heavy (non-hydrogen) atoms. The van der Waals surface area contributed by atoms with Gasteiger partial charge in [0.05, 0.1) is 6.20 Å². The molecule has 2 atom stereocenters. The van der Waals surface area contributed by atoms with Crippen molar-refractivity contribution in [1.29, 1.82) is 0 Å². The van der Waals surface area contributed by atoms with Crippen molar-refractivity contribution in [3.05, 3.63) is 107 Å². The summed E-state index contributed by atoms with van der Waals surface area (Å²) in [5, 5.41) is 30.0. The minimum Gasteiger partial charge on any atom is -0.506 e. The summed E-state index contributed by atoms with van der Waals surface area (Å²) >= 11 is 0. The molecule has 6 heteroatoms. The summed E-state index contributed by atoms with van der Waals surface area (Å²) in [4.78, 5) is 9.03. The van der Waals surface area contributed by atoms with Gasteiger partial charge < -0.3 is 21.1 Å². The highest BCUT2D eigenvalue weighted by Crippen LogP contribution is 2.49. The number of hydrogen-bond acceptors (Lipinski definition) is 6. The minimum absolute atomic E-state index is 0.00799. The van der Waals surface area contributed by atoms with E-state index in [0.717, 1.165) is 28.7 Å². The number of aromatic hydroxyl groups is 3. The van der Waals surface area contributed by atoms with Crippen molar-refractivity contribution in [3.63, 3.8) is 0 Å². The Labute approximate surface area is 179 Å². The molecular formula is C25H21N3O3. The predicted molar refractivity (Wildman–Crippen MR) is 118 cm³/mol. The topological polar surface area (TPSA) is 112 Å². The third kappa shape index (κ3) is 2.95. The van der Waals surface area contributed by atoms with Crippen LogP contribution in [-0.4, -0.2) is 26.1 Å². The molecule has 1 aromatic heterocycles. The molecule has 2 heterocycles. The Kier molecular flexibility index (Phi) is 4.29. The maximum Gasteiger partial charge on any atom is 0.157 e. The number of allylic oxidation sites excluding steroid dienone is 2. The van der Waals surface area contributed by atoms with Crippen molar-refractivity contribution in [3.8, 4) is 17.2 Å². The minimum atomic E-state index is -0.967. The van der Waals surface area contributed by atoms with Crippen LogP contribution in [0.25, 0.3) is 0 Å². The lowest BCUT2D eigenvalue weighted by Crippen LogP contribution is -2.27. The normalized spacial score (nSPS) is 22.0. The summed E-state index contributed by atoms with van der Waals surface area (Å²) in [5.41, 5.74) is 9.61. The molecule has 2 aliphatic rings. The number of aliphatic imine (C=N–C) groups is 1. The van der Waals surface area contributed by atoms with Crippen LogP contribution in [-0.2, 0) is 5.54 Å². The zero-order valence-corrected chi connectivity index (χ0v) is 16.6. The van der Waals surface area contributed by atoms with E-state index in [-0.39, 0.29) is 23.2 Å². The molecule has 0 saturated heterocycles. The van der Waals surface area contributed by atoms with Crippen molar-refractivity contribution >= 4 is 5.84 Å². The van der Waals surface area contributed by atoms with Crippen LogP contribution in [0, 0.1) is 0 Å².